The third kappa shape index (κ3) is 3.89. The number of hydrogen-bond donors (Lipinski definition) is 1. The quantitative estimate of drug-likeness (QED) is 0.637. The first-order valence-corrected chi connectivity index (χ1v) is 4.29. The molecule has 0 bridgehead atoms. The van der Waals surface area contributed by atoms with Crippen molar-refractivity contribution in [3.8, 4) is 0 Å². The van der Waals surface area contributed by atoms with Crippen LogP contribution in [0.15, 0.2) is 0 Å². The van der Waals surface area contributed by atoms with E-state index in [-0.39, 0.29) is 0 Å². The summed E-state index contributed by atoms with van der Waals surface area (Å²) in [5, 5.41) is 3.56. The summed E-state index contributed by atoms with van der Waals surface area (Å²) >= 11 is 0. The molecule has 0 amide bonds. The van der Waals surface area contributed by atoms with Crippen LogP contribution < -0.4 is 5.32 Å². The van der Waals surface area contributed by atoms with Crippen molar-refractivity contribution in [2.45, 2.75) is 59.0 Å². The van der Waals surface area contributed by atoms with Crippen molar-refractivity contribution >= 4 is 0 Å². The van der Waals surface area contributed by atoms with E-state index in [0.717, 1.165) is 0 Å². The van der Waals surface area contributed by atoms with Crippen molar-refractivity contribution in [2.24, 2.45) is 0 Å². The average Bonchev–Trinajstić information content (AvgIpc) is 1.87. The fourth-order valence-corrected chi connectivity index (χ4v) is 0.871. The summed E-state index contributed by atoms with van der Waals surface area (Å²) in [6.45, 7) is 11.2. The van der Waals surface area contributed by atoms with E-state index in [9.17, 15) is 0 Å². The van der Waals surface area contributed by atoms with Crippen molar-refractivity contribution in [2.75, 3.05) is 0 Å². The molecule has 0 aliphatic carbocycles. The van der Waals surface area contributed by atoms with Gasteiger partial charge in [0.2, 0.25) is 0 Å². The Balaban J connectivity index is 3.64. The highest BCUT2D eigenvalue weighted by Gasteiger charge is 2.15. The monoisotopic (exact) mass is 143 g/mol. The van der Waals surface area contributed by atoms with Gasteiger partial charge >= 0.3 is 0 Å². The van der Waals surface area contributed by atoms with Gasteiger partial charge in [-0.2, -0.15) is 0 Å². The van der Waals surface area contributed by atoms with E-state index in [1.165, 1.54) is 12.8 Å². The van der Waals surface area contributed by atoms with Gasteiger partial charge in [0.15, 0.2) is 0 Å². The van der Waals surface area contributed by atoms with Gasteiger partial charge in [-0.15, -0.1) is 0 Å². The van der Waals surface area contributed by atoms with Gasteiger partial charge in [-0.1, -0.05) is 13.8 Å². The lowest BCUT2D eigenvalue weighted by Gasteiger charge is -2.28. The van der Waals surface area contributed by atoms with Crippen LogP contribution in [-0.4, -0.2) is 11.6 Å². The molecule has 0 spiro atoms. The molecule has 10 heavy (non-hydrogen) atoms. The Bertz CT molecular complexity index is 86.7. The molecule has 0 fully saturated rings. The Morgan fingerprint density at radius 3 is 2.10 bits per heavy atom. The Kier molecular flexibility index (Phi) is 3.95. The summed E-state index contributed by atoms with van der Waals surface area (Å²) in [6.07, 6.45) is 2.40. The van der Waals surface area contributed by atoms with Crippen LogP contribution in [-0.2, 0) is 0 Å². The lowest BCUT2D eigenvalue weighted by molar-refractivity contribution is 0.329. The Labute approximate surface area is 65.2 Å². The second kappa shape index (κ2) is 3.97. The average molecular weight is 143 g/mol. The molecule has 0 rings (SSSR count). The summed E-state index contributed by atoms with van der Waals surface area (Å²) in [5.41, 5.74) is 0.315. The molecule has 0 aromatic heterocycles. The highest BCUT2D eigenvalue weighted by atomic mass is 15.0. The number of rotatable bonds is 4. The molecule has 0 unspecified atom stereocenters. The van der Waals surface area contributed by atoms with Crippen LogP contribution in [0.2, 0.25) is 0 Å². The summed E-state index contributed by atoms with van der Waals surface area (Å²) in [6, 6.07) is 0.648. The minimum atomic E-state index is 0.315. The highest BCUT2D eigenvalue weighted by Crippen LogP contribution is 2.08. The van der Waals surface area contributed by atoms with Gasteiger partial charge in [0.1, 0.15) is 0 Å². The fraction of sp³-hybridized carbons (Fsp3) is 1.00. The molecular weight excluding hydrogens is 122 g/mol. The number of hydrogen-bond acceptors (Lipinski definition) is 1. The normalized spacial score (nSPS) is 15.3. The smallest absolute Gasteiger partial charge is 0.0125 e. The molecular formula is C9H21N. The molecule has 0 aliphatic rings. The standard InChI is InChI=1S/C9H21N/c1-6-8(3)10-9(4,5)7-2/h8,10H,6-7H2,1-5H3/t8-/m0/s1. The zero-order valence-corrected chi connectivity index (χ0v) is 7.99. The third-order valence-corrected chi connectivity index (χ3v) is 2.13. The Morgan fingerprint density at radius 1 is 1.30 bits per heavy atom. The van der Waals surface area contributed by atoms with Gasteiger partial charge in [0, 0.05) is 11.6 Å². The first kappa shape index (κ1) is 9.96. The maximum absolute atomic E-state index is 3.56. The van der Waals surface area contributed by atoms with E-state index in [0.29, 0.717) is 11.6 Å². The van der Waals surface area contributed by atoms with Crippen molar-refractivity contribution in [3.05, 3.63) is 0 Å². The maximum Gasteiger partial charge on any atom is 0.0125 e. The molecule has 0 saturated heterocycles. The van der Waals surface area contributed by atoms with Crippen LogP contribution in [0.3, 0.4) is 0 Å². The minimum Gasteiger partial charge on any atom is -0.309 e. The Morgan fingerprint density at radius 2 is 1.80 bits per heavy atom. The molecule has 1 N–H and O–H groups in total. The van der Waals surface area contributed by atoms with Crippen LogP contribution in [0.4, 0.5) is 0 Å². The predicted molar refractivity (Wildman–Crippen MR) is 47.3 cm³/mol. The van der Waals surface area contributed by atoms with E-state index in [2.05, 4.69) is 39.9 Å². The minimum absolute atomic E-state index is 0.315. The molecule has 0 aromatic carbocycles. The summed E-state index contributed by atoms with van der Waals surface area (Å²) in [4.78, 5) is 0. The SMILES string of the molecule is CC[C@H](C)NC(C)(C)CC. The maximum atomic E-state index is 3.56. The zero-order chi connectivity index (χ0) is 8.20. The van der Waals surface area contributed by atoms with E-state index in [1.54, 1.807) is 0 Å². The van der Waals surface area contributed by atoms with Gasteiger partial charge < -0.3 is 5.32 Å². The zero-order valence-electron chi connectivity index (χ0n) is 7.99. The highest BCUT2D eigenvalue weighted by molar-refractivity contribution is 4.77. The van der Waals surface area contributed by atoms with Crippen molar-refractivity contribution in [1.82, 2.24) is 5.32 Å². The molecule has 0 saturated carbocycles. The topological polar surface area (TPSA) is 12.0 Å². The van der Waals surface area contributed by atoms with Gasteiger partial charge in [-0.25, -0.2) is 0 Å². The lowest BCUT2D eigenvalue weighted by atomic mass is 10.0. The first-order chi connectivity index (χ1) is 4.52. The summed E-state index contributed by atoms with van der Waals surface area (Å²) in [5.74, 6) is 0. The van der Waals surface area contributed by atoms with Crippen LogP contribution in [0.25, 0.3) is 0 Å². The van der Waals surface area contributed by atoms with Gasteiger partial charge in [-0.05, 0) is 33.6 Å². The van der Waals surface area contributed by atoms with Crippen LogP contribution in [0.1, 0.15) is 47.5 Å². The van der Waals surface area contributed by atoms with Crippen molar-refractivity contribution in [1.29, 1.82) is 0 Å². The largest absolute Gasteiger partial charge is 0.309 e. The second-order valence-corrected chi connectivity index (χ2v) is 3.69. The molecule has 0 heterocycles. The second-order valence-electron chi connectivity index (χ2n) is 3.69. The van der Waals surface area contributed by atoms with Crippen LogP contribution >= 0.6 is 0 Å². The van der Waals surface area contributed by atoms with Crippen LogP contribution in [0, 0.1) is 0 Å². The predicted octanol–water partition coefficient (Wildman–Crippen LogP) is 2.56. The molecule has 1 nitrogen and oxygen atoms in total. The van der Waals surface area contributed by atoms with Crippen molar-refractivity contribution < 1.29 is 0 Å². The fourth-order valence-electron chi connectivity index (χ4n) is 0.871. The molecule has 0 aromatic rings. The third-order valence-electron chi connectivity index (χ3n) is 2.13. The molecule has 62 valence electrons. The summed E-state index contributed by atoms with van der Waals surface area (Å²) in [7, 11) is 0. The molecule has 1 heteroatoms. The van der Waals surface area contributed by atoms with E-state index in [1.807, 2.05) is 0 Å². The van der Waals surface area contributed by atoms with E-state index in [4.69, 9.17) is 0 Å². The Hall–Kier alpha value is -0.0400. The van der Waals surface area contributed by atoms with E-state index >= 15 is 0 Å². The molecule has 0 aliphatic heterocycles. The molecule has 0 radical (unpaired) electrons. The van der Waals surface area contributed by atoms with Gasteiger partial charge in [0.25, 0.3) is 0 Å². The van der Waals surface area contributed by atoms with E-state index < -0.39 is 0 Å². The van der Waals surface area contributed by atoms with Crippen molar-refractivity contribution in [3.63, 3.8) is 0 Å². The molecule has 1 atom stereocenters. The first-order valence-electron chi connectivity index (χ1n) is 4.29. The van der Waals surface area contributed by atoms with Gasteiger partial charge in [0.05, 0.1) is 0 Å². The van der Waals surface area contributed by atoms with Gasteiger partial charge in [-0.3, -0.25) is 0 Å². The van der Waals surface area contributed by atoms with Crippen LogP contribution in [0.5, 0.6) is 0 Å². The number of nitrogens with one attached hydrogen (secondary N) is 1. The summed E-state index contributed by atoms with van der Waals surface area (Å²) < 4.78 is 0. The lowest BCUT2D eigenvalue weighted by Crippen LogP contribution is -2.43.